The Balaban J connectivity index is 2.55. The summed E-state index contributed by atoms with van der Waals surface area (Å²) in [5, 5.41) is -0.740. The van der Waals surface area contributed by atoms with E-state index < -0.39 is 57.3 Å². The highest BCUT2D eigenvalue weighted by Crippen LogP contribution is 2.29. The van der Waals surface area contributed by atoms with Gasteiger partial charge in [-0.15, -0.1) is 0 Å². The number of alkyl halides is 3. The highest BCUT2D eigenvalue weighted by molar-refractivity contribution is 6.30. The zero-order valence-corrected chi connectivity index (χ0v) is 14.6. The SMILES string of the molecule is CCCn1c(N)c(C(=O)Cn2cc(C(F)(F)F)cc(Cl)c2=O)c(=O)[nH]c1=O. The Hall–Kier alpha value is -2.82. The summed E-state index contributed by atoms with van der Waals surface area (Å²) >= 11 is 5.52. The fourth-order valence-corrected chi connectivity index (χ4v) is 2.63. The lowest BCUT2D eigenvalue weighted by Crippen LogP contribution is -2.37. The third-order valence-electron chi connectivity index (χ3n) is 3.65. The smallest absolute Gasteiger partial charge is 0.384 e. The summed E-state index contributed by atoms with van der Waals surface area (Å²) in [6.45, 7) is 0.916. The lowest BCUT2D eigenvalue weighted by molar-refractivity contribution is -0.138. The molecule has 0 spiro atoms. The van der Waals surface area contributed by atoms with E-state index in [1.165, 1.54) is 0 Å². The van der Waals surface area contributed by atoms with Crippen LogP contribution in [-0.2, 0) is 19.3 Å². The molecule has 0 aliphatic carbocycles. The fraction of sp³-hybridized carbons (Fsp3) is 0.333. The summed E-state index contributed by atoms with van der Waals surface area (Å²) in [4.78, 5) is 50.0. The predicted octanol–water partition coefficient (Wildman–Crippen LogP) is 1.25. The molecule has 0 saturated heterocycles. The molecule has 2 rings (SSSR count). The van der Waals surface area contributed by atoms with Gasteiger partial charge in [-0.25, -0.2) is 4.79 Å². The lowest BCUT2D eigenvalue weighted by Gasteiger charge is -2.13. The summed E-state index contributed by atoms with van der Waals surface area (Å²) < 4.78 is 40.0. The molecule has 0 unspecified atom stereocenters. The first-order valence-electron chi connectivity index (χ1n) is 7.60. The van der Waals surface area contributed by atoms with Crippen LogP contribution in [0.4, 0.5) is 19.0 Å². The molecule has 0 amide bonds. The number of pyridine rings is 1. The number of nitrogen functional groups attached to an aromatic ring is 1. The number of hydrogen-bond donors (Lipinski definition) is 2. The number of aromatic amines is 1. The van der Waals surface area contributed by atoms with Gasteiger partial charge in [0.25, 0.3) is 11.1 Å². The molecule has 0 bridgehead atoms. The molecule has 0 aliphatic heterocycles. The van der Waals surface area contributed by atoms with Crippen LogP contribution < -0.4 is 22.5 Å². The number of hydrogen-bond acceptors (Lipinski definition) is 5. The van der Waals surface area contributed by atoms with Crippen LogP contribution in [0.25, 0.3) is 0 Å². The standard InChI is InChI=1S/C15H14ClF3N4O4/c1-2-3-23-11(20)10(12(25)21-14(23)27)9(24)6-22-5-7(15(17,18)19)4-8(16)13(22)26/h4-5H,2-3,6,20H2,1H3,(H,21,25,27). The molecule has 0 radical (unpaired) electrons. The number of carbonyl (C=O) groups excluding carboxylic acids is 1. The number of nitrogens with zero attached hydrogens (tertiary/aromatic N) is 2. The summed E-state index contributed by atoms with van der Waals surface area (Å²) in [5.74, 6) is -1.47. The van der Waals surface area contributed by atoms with Gasteiger partial charge in [0.1, 0.15) is 16.4 Å². The van der Waals surface area contributed by atoms with Crippen LogP contribution in [-0.4, -0.2) is 19.9 Å². The molecule has 0 saturated carbocycles. The average Bonchev–Trinajstić information content (AvgIpc) is 2.54. The van der Waals surface area contributed by atoms with Gasteiger partial charge >= 0.3 is 11.9 Å². The number of rotatable bonds is 5. The quantitative estimate of drug-likeness (QED) is 0.724. The highest BCUT2D eigenvalue weighted by Gasteiger charge is 2.32. The largest absolute Gasteiger partial charge is 0.417 e. The van der Waals surface area contributed by atoms with E-state index in [1.54, 1.807) is 6.92 Å². The molecule has 8 nitrogen and oxygen atoms in total. The Bertz CT molecular complexity index is 1070. The van der Waals surface area contributed by atoms with Gasteiger partial charge < -0.3 is 10.3 Å². The van der Waals surface area contributed by atoms with Gasteiger partial charge in [0, 0.05) is 12.7 Å². The molecule has 0 aliphatic rings. The van der Waals surface area contributed by atoms with Crippen molar-refractivity contribution in [3.05, 3.63) is 59.6 Å². The highest BCUT2D eigenvalue weighted by atomic mass is 35.5. The molecule has 2 aromatic rings. The van der Waals surface area contributed by atoms with Crippen molar-refractivity contribution in [2.45, 2.75) is 32.6 Å². The van der Waals surface area contributed by atoms with Crippen LogP contribution in [0.1, 0.15) is 29.3 Å². The first-order chi connectivity index (χ1) is 12.5. The maximum absolute atomic E-state index is 12.9. The van der Waals surface area contributed by atoms with Gasteiger partial charge in [0.15, 0.2) is 5.78 Å². The van der Waals surface area contributed by atoms with Crippen molar-refractivity contribution in [1.29, 1.82) is 0 Å². The van der Waals surface area contributed by atoms with E-state index in [0.717, 1.165) is 4.57 Å². The van der Waals surface area contributed by atoms with E-state index in [0.29, 0.717) is 23.3 Å². The summed E-state index contributed by atoms with van der Waals surface area (Å²) in [6.07, 6.45) is -3.92. The minimum Gasteiger partial charge on any atom is -0.384 e. The van der Waals surface area contributed by atoms with Gasteiger partial charge in [-0.05, 0) is 12.5 Å². The van der Waals surface area contributed by atoms with Crippen LogP contribution in [0.2, 0.25) is 5.02 Å². The van der Waals surface area contributed by atoms with Crippen molar-refractivity contribution in [1.82, 2.24) is 14.1 Å². The normalized spacial score (nSPS) is 11.6. The minimum absolute atomic E-state index is 0.108. The van der Waals surface area contributed by atoms with Crippen molar-refractivity contribution in [2.75, 3.05) is 5.73 Å². The Morgan fingerprint density at radius 1 is 1.30 bits per heavy atom. The van der Waals surface area contributed by atoms with Crippen LogP contribution in [0.5, 0.6) is 0 Å². The molecule has 0 fully saturated rings. The second-order valence-corrected chi connectivity index (χ2v) is 6.01. The zero-order chi connectivity index (χ0) is 20.5. The first kappa shape index (κ1) is 20.5. The number of Topliss-reactive ketones (excluding diaryl/α,β-unsaturated/α-hetero) is 1. The molecule has 2 heterocycles. The molecule has 3 N–H and O–H groups in total. The number of H-pyrrole nitrogens is 1. The number of ketones is 1. The third-order valence-corrected chi connectivity index (χ3v) is 3.92. The predicted molar refractivity (Wildman–Crippen MR) is 91.1 cm³/mol. The van der Waals surface area contributed by atoms with E-state index in [2.05, 4.69) is 0 Å². The van der Waals surface area contributed by atoms with Gasteiger partial charge in [-0.3, -0.25) is 23.9 Å². The number of aromatic nitrogens is 3. The molecule has 0 atom stereocenters. The van der Waals surface area contributed by atoms with E-state index in [9.17, 15) is 32.3 Å². The third kappa shape index (κ3) is 4.13. The Kier molecular flexibility index (Phi) is 5.64. The van der Waals surface area contributed by atoms with Crippen molar-refractivity contribution in [3.63, 3.8) is 0 Å². The van der Waals surface area contributed by atoms with E-state index in [1.807, 2.05) is 4.98 Å². The molecule has 146 valence electrons. The second kappa shape index (κ2) is 7.43. The number of carbonyl (C=O) groups is 1. The number of nitrogens with one attached hydrogen (secondary N) is 1. The van der Waals surface area contributed by atoms with Gasteiger partial charge in [-0.1, -0.05) is 18.5 Å². The van der Waals surface area contributed by atoms with Gasteiger partial charge in [0.05, 0.1) is 12.1 Å². The summed E-state index contributed by atoms with van der Waals surface area (Å²) in [7, 11) is 0. The Morgan fingerprint density at radius 2 is 1.93 bits per heavy atom. The maximum atomic E-state index is 12.9. The van der Waals surface area contributed by atoms with Crippen LogP contribution in [0.15, 0.2) is 26.6 Å². The Morgan fingerprint density at radius 3 is 2.48 bits per heavy atom. The molecule has 0 aromatic carbocycles. The van der Waals surface area contributed by atoms with Crippen molar-refractivity contribution in [3.8, 4) is 0 Å². The number of halogens is 4. The zero-order valence-electron chi connectivity index (χ0n) is 13.9. The fourth-order valence-electron chi connectivity index (χ4n) is 2.41. The summed E-state index contributed by atoms with van der Waals surface area (Å²) in [5.41, 5.74) is 0.895. The van der Waals surface area contributed by atoms with Crippen molar-refractivity contribution >= 4 is 23.2 Å². The molecular weight excluding hydrogens is 393 g/mol. The Labute approximate surface area is 154 Å². The second-order valence-electron chi connectivity index (χ2n) is 5.60. The number of anilines is 1. The van der Waals surface area contributed by atoms with E-state index in [4.69, 9.17) is 17.3 Å². The monoisotopic (exact) mass is 406 g/mol. The van der Waals surface area contributed by atoms with E-state index in [-0.39, 0.29) is 6.54 Å². The van der Waals surface area contributed by atoms with Crippen LogP contribution >= 0.6 is 11.6 Å². The number of nitrogens with two attached hydrogens (primary N) is 1. The van der Waals surface area contributed by atoms with E-state index >= 15 is 0 Å². The maximum Gasteiger partial charge on any atom is 0.417 e. The van der Waals surface area contributed by atoms with Crippen molar-refractivity contribution in [2.24, 2.45) is 0 Å². The van der Waals surface area contributed by atoms with Gasteiger partial charge in [-0.2, -0.15) is 13.2 Å². The van der Waals surface area contributed by atoms with Gasteiger partial charge in [0.2, 0.25) is 0 Å². The van der Waals surface area contributed by atoms with Crippen molar-refractivity contribution < 1.29 is 18.0 Å². The molecule has 12 heteroatoms. The van der Waals surface area contributed by atoms with Crippen LogP contribution in [0.3, 0.4) is 0 Å². The van der Waals surface area contributed by atoms with Crippen LogP contribution in [0, 0.1) is 0 Å². The topological polar surface area (TPSA) is 120 Å². The minimum atomic E-state index is -4.80. The first-order valence-corrected chi connectivity index (χ1v) is 7.98. The molecular formula is C15H14ClF3N4O4. The summed E-state index contributed by atoms with van der Waals surface area (Å²) in [6, 6.07) is 0.438. The molecule has 2 aromatic heterocycles. The lowest BCUT2D eigenvalue weighted by atomic mass is 10.2. The average molecular weight is 407 g/mol. The molecule has 27 heavy (non-hydrogen) atoms.